The maximum Gasteiger partial charge on any atom is 0.131 e. The summed E-state index contributed by atoms with van der Waals surface area (Å²) in [5.74, 6) is -0.279. The average Bonchev–Trinajstić information content (AvgIpc) is 3.23. The summed E-state index contributed by atoms with van der Waals surface area (Å²) in [6.07, 6.45) is 6.47. The number of allylic oxidation sites excluding steroid dienone is 3. The van der Waals surface area contributed by atoms with Crippen molar-refractivity contribution in [1.29, 1.82) is 0 Å². The molecular weight excluding hydrogens is 377 g/mol. The van der Waals surface area contributed by atoms with Gasteiger partial charge in [0, 0.05) is 41.7 Å². The Bertz CT molecular complexity index is 1060. The lowest BCUT2D eigenvalue weighted by molar-refractivity contribution is 0.624. The van der Waals surface area contributed by atoms with Crippen LogP contribution in [0.2, 0.25) is 0 Å². The maximum atomic E-state index is 14.8. The molecule has 0 aliphatic heterocycles. The Morgan fingerprint density at radius 1 is 1.27 bits per heavy atom. The standard InChI is InChI=1S/C24H28FN5/c1-4-16(2)12-19(14-27-11-10-26)20-13-18(8-9-22(20)25)21-15-28-30-24(21)23-7-5-6-17(3)29-23/h5-9,12-15,27H,4,10-11,26H2,1-3H3,(H,28,30)/b16-12+,19-14+. The second-order valence-corrected chi connectivity index (χ2v) is 7.20. The first-order chi connectivity index (χ1) is 14.5. The van der Waals surface area contributed by atoms with E-state index in [0.717, 1.165) is 45.8 Å². The van der Waals surface area contributed by atoms with Crippen molar-refractivity contribution in [1.82, 2.24) is 20.5 Å². The average molecular weight is 406 g/mol. The maximum absolute atomic E-state index is 14.8. The number of rotatable bonds is 8. The van der Waals surface area contributed by atoms with E-state index in [9.17, 15) is 4.39 Å². The van der Waals surface area contributed by atoms with E-state index < -0.39 is 0 Å². The van der Waals surface area contributed by atoms with Gasteiger partial charge in [0.25, 0.3) is 0 Å². The highest BCUT2D eigenvalue weighted by atomic mass is 19.1. The third-order valence-corrected chi connectivity index (χ3v) is 4.88. The Labute approximate surface area is 176 Å². The summed E-state index contributed by atoms with van der Waals surface area (Å²) in [6, 6.07) is 11.0. The lowest BCUT2D eigenvalue weighted by atomic mass is 9.97. The molecule has 5 nitrogen and oxygen atoms in total. The summed E-state index contributed by atoms with van der Waals surface area (Å²) in [6.45, 7) is 7.19. The molecule has 2 heterocycles. The molecule has 0 unspecified atom stereocenters. The lowest BCUT2D eigenvalue weighted by Gasteiger charge is -2.11. The number of nitrogens with two attached hydrogens (primary N) is 1. The van der Waals surface area contributed by atoms with Crippen LogP contribution in [0.3, 0.4) is 0 Å². The van der Waals surface area contributed by atoms with Crippen molar-refractivity contribution in [3.63, 3.8) is 0 Å². The van der Waals surface area contributed by atoms with Crippen LogP contribution in [0.25, 0.3) is 28.1 Å². The van der Waals surface area contributed by atoms with Gasteiger partial charge in [-0.1, -0.05) is 30.7 Å². The fourth-order valence-corrected chi connectivity index (χ4v) is 3.13. The molecule has 0 spiro atoms. The van der Waals surface area contributed by atoms with Crippen molar-refractivity contribution in [3.8, 4) is 22.5 Å². The van der Waals surface area contributed by atoms with Gasteiger partial charge in [-0.25, -0.2) is 4.39 Å². The molecule has 3 aromatic rings. The van der Waals surface area contributed by atoms with Gasteiger partial charge >= 0.3 is 0 Å². The number of pyridine rings is 1. The van der Waals surface area contributed by atoms with Gasteiger partial charge in [0.05, 0.1) is 17.6 Å². The van der Waals surface area contributed by atoms with Gasteiger partial charge in [-0.2, -0.15) is 5.10 Å². The van der Waals surface area contributed by atoms with Crippen molar-refractivity contribution >= 4 is 5.57 Å². The first kappa shape index (κ1) is 21.5. The largest absolute Gasteiger partial charge is 0.389 e. The molecule has 0 radical (unpaired) electrons. The Hall–Kier alpha value is -3.25. The molecule has 3 rings (SSSR count). The van der Waals surface area contributed by atoms with Gasteiger partial charge in [-0.3, -0.25) is 10.1 Å². The smallest absolute Gasteiger partial charge is 0.131 e. The van der Waals surface area contributed by atoms with Crippen molar-refractivity contribution in [2.45, 2.75) is 27.2 Å². The zero-order chi connectivity index (χ0) is 21.5. The van der Waals surface area contributed by atoms with Gasteiger partial charge in [0.1, 0.15) is 5.82 Å². The van der Waals surface area contributed by atoms with Gasteiger partial charge in [-0.15, -0.1) is 0 Å². The van der Waals surface area contributed by atoms with E-state index in [0.29, 0.717) is 18.7 Å². The predicted octanol–water partition coefficient (Wildman–Crippen LogP) is 4.83. The van der Waals surface area contributed by atoms with Crippen LogP contribution in [0.15, 0.2) is 60.4 Å². The van der Waals surface area contributed by atoms with Crippen molar-refractivity contribution in [3.05, 3.63) is 77.5 Å². The Morgan fingerprint density at radius 3 is 2.83 bits per heavy atom. The molecule has 0 saturated heterocycles. The molecule has 0 bridgehead atoms. The molecule has 6 heteroatoms. The lowest BCUT2D eigenvalue weighted by Crippen LogP contribution is -2.17. The van der Waals surface area contributed by atoms with E-state index >= 15 is 0 Å². The van der Waals surface area contributed by atoms with E-state index in [1.807, 2.05) is 50.4 Å². The topological polar surface area (TPSA) is 79.6 Å². The van der Waals surface area contributed by atoms with Crippen molar-refractivity contribution in [2.75, 3.05) is 13.1 Å². The minimum absolute atomic E-state index is 0.279. The summed E-state index contributed by atoms with van der Waals surface area (Å²) in [5.41, 5.74) is 12.3. The van der Waals surface area contributed by atoms with E-state index in [4.69, 9.17) is 5.73 Å². The second kappa shape index (κ2) is 9.98. The van der Waals surface area contributed by atoms with Crippen LogP contribution >= 0.6 is 0 Å². The number of hydrogen-bond donors (Lipinski definition) is 3. The minimum Gasteiger partial charge on any atom is -0.389 e. The fraction of sp³-hybridized carbons (Fsp3) is 0.250. The highest BCUT2D eigenvalue weighted by Gasteiger charge is 2.15. The summed E-state index contributed by atoms with van der Waals surface area (Å²) in [5, 5.41) is 10.4. The van der Waals surface area contributed by atoms with E-state index in [1.54, 1.807) is 12.3 Å². The van der Waals surface area contributed by atoms with Crippen LogP contribution in [-0.4, -0.2) is 28.3 Å². The van der Waals surface area contributed by atoms with Crippen LogP contribution in [0.5, 0.6) is 0 Å². The number of H-pyrrole nitrogens is 1. The minimum atomic E-state index is -0.279. The number of aromatic nitrogens is 3. The van der Waals surface area contributed by atoms with Crippen molar-refractivity contribution in [2.24, 2.45) is 5.73 Å². The number of nitrogens with zero attached hydrogens (tertiary/aromatic N) is 2. The van der Waals surface area contributed by atoms with Crippen LogP contribution in [-0.2, 0) is 0 Å². The number of halogens is 1. The highest BCUT2D eigenvalue weighted by molar-refractivity contribution is 5.83. The monoisotopic (exact) mass is 405 g/mol. The van der Waals surface area contributed by atoms with Crippen LogP contribution in [0, 0.1) is 12.7 Å². The summed E-state index contributed by atoms with van der Waals surface area (Å²) >= 11 is 0. The zero-order valence-corrected chi connectivity index (χ0v) is 17.7. The van der Waals surface area contributed by atoms with Crippen LogP contribution in [0.1, 0.15) is 31.5 Å². The van der Waals surface area contributed by atoms with Gasteiger partial charge in [0.15, 0.2) is 0 Å². The Morgan fingerprint density at radius 2 is 2.10 bits per heavy atom. The summed E-state index contributed by atoms with van der Waals surface area (Å²) in [7, 11) is 0. The first-order valence-electron chi connectivity index (χ1n) is 10.1. The number of hydrogen-bond acceptors (Lipinski definition) is 4. The van der Waals surface area contributed by atoms with Crippen LogP contribution < -0.4 is 11.1 Å². The first-order valence-corrected chi connectivity index (χ1v) is 10.1. The molecule has 1 aromatic carbocycles. The molecular formula is C24H28FN5. The van der Waals surface area contributed by atoms with Gasteiger partial charge in [0.2, 0.25) is 0 Å². The molecule has 2 aromatic heterocycles. The quantitative estimate of drug-likeness (QED) is 0.370. The number of nitrogens with one attached hydrogen (secondary N) is 2. The van der Waals surface area contributed by atoms with E-state index in [1.165, 1.54) is 6.07 Å². The molecule has 0 saturated carbocycles. The zero-order valence-electron chi connectivity index (χ0n) is 17.7. The predicted molar refractivity (Wildman–Crippen MR) is 121 cm³/mol. The number of aromatic amines is 1. The molecule has 0 amide bonds. The molecule has 156 valence electrons. The molecule has 0 fully saturated rings. The van der Waals surface area contributed by atoms with E-state index in [-0.39, 0.29) is 5.82 Å². The fourth-order valence-electron chi connectivity index (χ4n) is 3.13. The van der Waals surface area contributed by atoms with Gasteiger partial charge in [-0.05, 0) is 50.1 Å². The van der Waals surface area contributed by atoms with Gasteiger partial charge < -0.3 is 11.1 Å². The van der Waals surface area contributed by atoms with Crippen LogP contribution in [0.4, 0.5) is 4.39 Å². The second-order valence-electron chi connectivity index (χ2n) is 7.20. The third-order valence-electron chi connectivity index (χ3n) is 4.88. The normalized spacial score (nSPS) is 12.3. The molecule has 0 aliphatic carbocycles. The Kier molecular flexibility index (Phi) is 7.14. The SMILES string of the molecule is CC/C(C)=C/C(=C\NCCN)c1cc(-c2cn[nH]c2-c2cccc(C)n2)ccc1F. The van der Waals surface area contributed by atoms with E-state index in [2.05, 4.69) is 27.4 Å². The molecule has 30 heavy (non-hydrogen) atoms. The summed E-state index contributed by atoms with van der Waals surface area (Å²) < 4.78 is 14.8. The number of benzene rings is 1. The highest BCUT2D eigenvalue weighted by Crippen LogP contribution is 2.32. The molecule has 0 aliphatic rings. The molecule has 4 N–H and O–H groups in total. The summed E-state index contributed by atoms with van der Waals surface area (Å²) in [4.78, 5) is 4.59. The Balaban J connectivity index is 2.07. The number of aryl methyl sites for hydroxylation is 1. The molecule has 0 atom stereocenters. The third kappa shape index (κ3) is 5.02. The van der Waals surface area contributed by atoms with Crippen molar-refractivity contribution < 1.29 is 4.39 Å².